The fourth-order valence-electron chi connectivity index (χ4n) is 2.04. The first-order valence-electron chi connectivity index (χ1n) is 5.05. The average molecular weight is 202 g/mol. The van der Waals surface area contributed by atoms with Gasteiger partial charge in [0.05, 0.1) is 0 Å². The third-order valence-corrected chi connectivity index (χ3v) is 3.08. The molecule has 0 aromatic heterocycles. The van der Waals surface area contributed by atoms with Crippen molar-refractivity contribution < 1.29 is 9.53 Å². The molecule has 3 heteroatoms. The number of carbonyl (C=O) groups excluding carboxylic acids is 1. The van der Waals surface area contributed by atoms with Gasteiger partial charge in [0.15, 0.2) is 0 Å². The van der Waals surface area contributed by atoms with Crippen molar-refractivity contribution >= 4 is 15.0 Å². The van der Waals surface area contributed by atoms with Gasteiger partial charge in [0.25, 0.3) is 0 Å². The minimum Gasteiger partial charge on any atom is -0.460 e. The summed E-state index contributed by atoms with van der Waals surface area (Å²) in [5.74, 6) is 1.60. The molecule has 1 saturated carbocycles. The van der Waals surface area contributed by atoms with E-state index < -0.39 is 0 Å². The van der Waals surface area contributed by atoms with Crippen molar-refractivity contribution in [3.63, 3.8) is 0 Å². The van der Waals surface area contributed by atoms with Crippen molar-refractivity contribution in [1.29, 1.82) is 0 Å². The summed E-state index contributed by atoms with van der Waals surface area (Å²) < 4.78 is 5.14. The number of rotatable bonds is 2. The van der Waals surface area contributed by atoms with Crippen LogP contribution in [0.4, 0.5) is 4.79 Å². The molecule has 0 saturated heterocycles. The van der Waals surface area contributed by atoms with Crippen LogP contribution < -0.4 is 0 Å². The predicted molar refractivity (Wildman–Crippen MR) is 56.8 cm³/mol. The van der Waals surface area contributed by atoms with Crippen LogP contribution in [0.1, 0.15) is 39.5 Å². The molecule has 1 atom stereocenters. The third-order valence-electron chi connectivity index (χ3n) is 2.94. The maximum atomic E-state index is 10.7. The topological polar surface area (TPSA) is 26.3 Å². The molecule has 1 unspecified atom stereocenters. The lowest BCUT2D eigenvalue weighted by Crippen LogP contribution is -2.24. The lowest BCUT2D eigenvalue weighted by atomic mass is 9.80. The average Bonchev–Trinajstić information content (AvgIpc) is 2.04. The Bertz CT molecular complexity index is 172. The smallest absolute Gasteiger partial charge is 0.320 e. The summed E-state index contributed by atoms with van der Waals surface area (Å²) in [6.07, 6.45) is 4.69. The van der Waals surface area contributed by atoms with Crippen LogP contribution in [-0.2, 0) is 4.74 Å². The Kier molecular flexibility index (Phi) is 4.18. The van der Waals surface area contributed by atoms with Crippen molar-refractivity contribution in [3.8, 4) is 0 Å². The van der Waals surface area contributed by atoms with E-state index in [4.69, 9.17) is 4.74 Å². The molecular formula is C10H19O2P. The first kappa shape index (κ1) is 11.0. The van der Waals surface area contributed by atoms with Crippen LogP contribution in [0, 0.1) is 11.8 Å². The summed E-state index contributed by atoms with van der Waals surface area (Å²) in [5, 5.41) is 0. The monoisotopic (exact) mass is 202 g/mol. The van der Waals surface area contributed by atoms with Gasteiger partial charge in [-0.1, -0.05) is 13.8 Å². The lowest BCUT2D eigenvalue weighted by molar-refractivity contribution is 0.0755. The normalized spacial score (nSPS) is 28.9. The second-order valence-electron chi connectivity index (χ2n) is 4.22. The summed E-state index contributed by atoms with van der Waals surface area (Å²) in [7, 11) is 2.07. The molecule has 0 N–H and O–H groups in total. The van der Waals surface area contributed by atoms with Crippen molar-refractivity contribution in [3.05, 3.63) is 0 Å². The van der Waals surface area contributed by atoms with E-state index in [1.165, 1.54) is 12.8 Å². The van der Waals surface area contributed by atoms with Crippen molar-refractivity contribution in [2.24, 2.45) is 11.8 Å². The molecular weight excluding hydrogens is 183 g/mol. The van der Waals surface area contributed by atoms with E-state index in [-0.39, 0.29) is 11.8 Å². The van der Waals surface area contributed by atoms with Gasteiger partial charge in [-0.05, 0) is 46.8 Å². The van der Waals surface area contributed by atoms with Crippen molar-refractivity contribution in [1.82, 2.24) is 0 Å². The maximum Gasteiger partial charge on any atom is 0.320 e. The molecule has 1 aliphatic carbocycles. The van der Waals surface area contributed by atoms with Gasteiger partial charge in [0.2, 0.25) is 0 Å². The molecule has 0 heterocycles. The number of carbonyl (C=O) groups is 1. The molecule has 0 aromatic carbocycles. The van der Waals surface area contributed by atoms with E-state index in [1.54, 1.807) is 0 Å². The van der Waals surface area contributed by atoms with E-state index in [9.17, 15) is 4.79 Å². The van der Waals surface area contributed by atoms with Crippen molar-refractivity contribution in [2.75, 3.05) is 0 Å². The molecule has 0 aliphatic heterocycles. The molecule has 0 radical (unpaired) electrons. The summed E-state index contributed by atoms with van der Waals surface area (Å²) >= 11 is 0. The van der Waals surface area contributed by atoms with Gasteiger partial charge in [-0.2, -0.15) is 0 Å². The zero-order valence-corrected chi connectivity index (χ0v) is 9.61. The van der Waals surface area contributed by atoms with E-state index >= 15 is 0 Å². The van der Waals surface area contributed by atoms with Gasteiger partial charge in [-0.25, -0.2) is 4.79 Å². The Morgan fingerprint density at radius 3 is 2.23 bits per heavy atom. The molecule has 0 amide bonds. The highest BCUT2D eigenvalue weighted by atomic mass is 31.0. The summed E-state index contributed by atoms with van der Waals surface area (Å²) in [6.45, 7) is 4.54. The van der Waals surface area contributed by atoms with Gasteiger partial charge in [0.1, 0.15) is 6.10 Å². The van der Waals surface area contributed by atoms with Gasteiger partial charge < -0.3 is 4.74 Å². The minimum atomic E-state index is -0.215. The number of hydrogen-bond acceptors (Lipinski definition) is 2. The Labute approximate surface area is 82.6 Å². The van der Waals surface area contributed by atoms with Crippen molar-refractivity contribution in [2.45, 2.75) is 45.6 Å². The maximum absolute atomic E-state index is 10.7. The molecule has 76 valence electrons. The Balaban J connectivity index is 2.26. The lowest BCUT2D eigenvalue weighted by Gasteiger charge is -2.30. The fraction of sp³-hybridized carbons (Fsp3) is 0.900. The van der Waals surface area contributed by atoms with Crippen LogP contribution >= 0.6 is 9.24 Å². The summed E-state index contributed by atoms with van der Waals surface area (Å²) in [6, 6.07) is 0. The van der Waals surface area contributed by atoms with Crippen LogP contribution in [0.15, 0.2) is 0 Å². The first-order chi connectivity index (χ1) is 6.09. The number of hydrogen-bond donors (Lipinski definition) is 0. The largest absolute Gasteiger partial charge is 0.460 e. The molecule has 1 rings (SSSR count). The number of ether oxygens (including phenoxy) is 1. The van der Waals surface area contributed by atoms with Gasteiger partial charge >= 0.3 is 5.71 Å². The first-order valence-corrected chi connectivity index (χ1v) is 5.63. The molecule has 1 aliphatic rings. The van der Waals surface area contributed by atoms with E-state index in [2.05, 4.69) is 23.1 Å². The van der Waals surface area contributed by atoms with Crippen LogP contribution in [0.2, 0.25) is 0 Å². The van der Waals surface area contributed by atoms with Crippen LogP contribution in [0.25, 0.3) is 0 Å². The standard InChI is InChI=1S/C10H19O2P/c1-7(2)8-3-5-9(6-4-8)12-10(11)13/h7-9H,3-6,13H2,1-2H3. The second-order valence-corrected chi connectivity index (χ2v) is 4.69. The van der Waals surface area contributed by atoms with E-state index in [1.807, 2.05) is 0 Å². The van der Waals surface area contributed by atoms with E-state index in [0.29, 0.717) is 0 Å². The minimum absolute atomic E-state index is 0.181. The van der Waals surface area contributed by atoms with Gasteiger partial charge in [-0.15, -0.1) is 0 Å². The molecule has 0 spiro atoms. The fourth-order valence-corrected chi connectivity index (χ4v) is 2.23. The summed E-state index contributed by atoms with van der Waals surface area (Å²) in [4.78, 5) is 10.7. The molecule has 0 bridgehead atoms. The summed E-state index contributed by atoms with van der Waals surface area (Å²) in [5.41, 5.74) is -0.215. The highest BCUT2D eigenvalue weighted by Gasteiger charge is 2.24. The molecule has 13 heavy (non-hydrogen) atoms. The zero-order chi connectivity index (χ0) is 9.84. The SMILES string of the molecule is CC(C)C1CCC(OC(=O)P)CC1. The Morgan fingerprint density at radius 2 is 1.85 bits per heavy atom. The van der Waals surface area contributed by atoms with Crippen LogP contribution in [0.5, 0.6) is 0 Å². The third kappa shape index (κ3) is 3.64. The zero-order valence-electron chi connectivity index (χ0n) is 8.45. The van der Waals surface area contributed by atoms with Gasteiger partial charge in [0, 0.05) is 0 Å². The quantitative estimate of drug-likeness (QED) is 0.643. The Hall–Kier alpha value is -0.100. The predicted octanol–water partition coefficient (Wildman–Crippen LogP) is 3.21. The van der Waals surface area contributed by atoms with Crippen LogP contribution in [0.3, 0.4) is 0 Å². The molecule has 0 aromatic rings. The highest BCUT2D eigenvalue weighted by Crippen LogP contribution is 2.31. The van der Waals surface area contributed by atoms with Gasteiger partial charge in [-0.3, -0.25) is 0 Å². The Morgan fingerprint density at radius 1 is 1.31 bits per heavy atom. The van der Waals surface area contributed by atoms with Crippen LogP contribution in [-0.4, -0.2) is 11.8 Å². The molecule has 1 fully saturated rings. The van der Waals surface area contributed by atoms with E-state index in [0.717, 1.165) is 24.7 Å². The highest BCUT2D eigenvalue weighted by molar-refractivity contribution is 7.39. The second kappa shape index (κ2) is 4.95. The molecule has 2 nitrogen and oxygen atoms in total.